The van der Waals surface area contributed by atoms with E-state index in [1.807, 2.05) is 5.32 Å². The highest BCUT2D eigenvalue weighted by Crippen LogP contribution is 2.22. The second-order valence-electron chi connectivity index (χ2n) is 3.06. The van der Waals surface area contributed by atoms with Crippen molar-refractivity contribution < 1.29 is 24.6 Å². The number of nitrogens with zero attached hydrogens (tertiary/aromatic N) is 1. The van der Waals surface area contributed by atoms with Crippen LogP contribution in [0.5, 0.6) is 0 Å². The van der Waals surface area contributed by atoms with Crippen molar-refractivity contribution in [1.82, 2.24) is 10.3 Å². The number of hydrogen-bond acceptors (Lipinski definition) is 5. The first kappa shape index (κ1) is 14.4. The Morgan fingerprint density at radius 1 is 1.44 bits per heavy atom. The van der Waals surface area contributed by atoms with Gasteiger partial charge in [-0.3, -0.25) is 10.1 Å². The van der Waals surface area contributed by atoms with Crippen LogP contribution in [-0.4, -0.2) is 39.2 Å². The third-order valence-corrected chi connectivity index (χ3v) is 3.07. The molecule has 0 spiro atoms. The van der Waals surface area contributed by atoms with Crippen molar-refractivity contribution in [3.8, 4) is 0 Å². The number of nitrogens with one attached hydrogen (secondary N) is 2. The second-order valence-corrected chi connectivity index (χ2v) is 5.47. The van der Waals surface area contributed by atoms with Crippen LogP contribution in [0.15, 0.2) is 9.98 Å². The van der Waals surface area contributed by atoms with Gasteiger partial charge >= 0.3 is 18.0 Å². The number of anilines is 1. The zero-order valence-corrected chi connectivity index (χ0v) is 11.1. The largest absolute Gasteiger partial charge is 0.481 e. The molecule has 0 aliphatic heterocycles. The van der Waals surface area contributed by atoms with E-state index in [9.17, 15) is 14.4 Å². The van der Waals surface area contributed by atoms with Gasteiger partial charge in [0, 0.05) is 0 Å². The predicted molar refractivity (Wildman–Crippen MR) is 65.6 cm³/mol. The molecular weight excluding hydrogens is 330 g/mol. The first-order valence-corrected chi connectivity index (χ1v) is 6.13. The van der Waals surface area contributed by atoms with Gasteiger partial charge in [-0.2, -0.15) is 0 Å². The maximum atomic E-state index is 11.4. The SMILES string of the molecule is O=C(O)C[C@H](NC(=O)Nc1ncc(Br)s1)C(=O)O. The molecule has 0 saturated carbocycles. The van der Waals surface area contributed by atoms with Crippen LogP contribution in [0.3, 0.4) is 0 Å². The number of carboxylic acids is 2. The summed E-state index contributed by atoms with van der Waals surface area (Å²) >= 11 is 4.28. The van der Waals surface area contributed by atoms with Crippen molar-refractivity contribution in [3.63, 3.8) is 0 Å². The van der Waals surface area contributed by atoms with E-state index in [0.29, 0.717) is 3.79 Å². The summed E-state index contributed by atoms with van der Waals surface area (Å²) in [6.07, 6.45) is 0.760. The van der Waals surface area contributed by atoms with Crippen LogP contribution in [-0.2, 0) is 9.59 Å². The average molecular weight is 338 g/mol. The quantitative estimate of drug-likeness (QED) is 0.633. The summed E-state index contributed by atoms with van der Waals surface area (Å²) in [5.74, 6) is -2.74. The van der Waals surface area contributed by atoms with Crippen LogP contribution in [0.2, 0.25) is 0 Å². The van der Waals surface area contributed by atoms with Gasteiger partial charge in [-0.05, 0) is 15.9 Å². The molecule has 8 nitrogen and oxygen atoms in total. The number of amides is 2. The third-order valence-electron chi connectivity index (χ3n) is 1.68. The molecule has 1 heterocycles. The van der Waals surface area contributed by atoms with Gasteiger partial charge in [0.15, 0.2) is 5.13 Å². The van der Waals surface area contributed by atoms with Gasteiger partial charge in [-0.25, -0.2) is 14.6 Å². The molecule has 0 fully saturated rings. The summed E-state index contributed by atoms with van der Waals surface area (Å²) < 4.78 is 0.693. The Kier molecular flexibility index (Phi) is 5.04. The zero-order valence-electron chi connectivity index (χ0n) is 8.71. The van der Waals surface area contributed by atoms with E-state index >= 15 is 0 Å². The van der Waals surface area contributed by atoms with Crippen LogP contribution in [0, 0.1) is 0 Å². The molecule has 0 aliphatic rings. The van der Waals surface area contributed by atoms with E-state index in [1.54, 1.807) is 0 Å². The Labute approximate surface area is 113 Å². The summed E-state index contributed by atoms with van der Waals surface area (Å²) in [5, 5.41) is 21.8. The highest BCUT2D eigenvalue weighted by molar-refractivity contribution is 9.11. The van der Waals surface area contributed by atoms with Crippen molar-refractivity contribution in [2.24, 2.45) is 0 Å². The van der Waals surface area contributed by atoms with Gasteiger partial charge in [0.2, 0.25) is 0 Å². The minimum absolute atomic E-state index is 0.263. The fourth-order valence-corrected chi connectivity index (χ4v) is 2.08. The molecular formula is C8H8BrN3O5S. The first-order chi connectivity index (χ1) is 8.38. The topological polar surface area (TPSA) is 129 Å². The van der Waals surface area contributed by atoms with E-state index in [-0.39, 0.29) is 5.13 Å². The minimum atomic E-state index is -1.49. The average Bonchev–Trinajstić information content (AvgIpc) is 2.62. The molecule has 1 aromatic rings. The highest BCUT2D eigenvalue weighted by atomic mass is 79.9. The lowest BCUT2D eigenvalue weighted by Gasteiger charge is -2.11. The highest BCUT2D eigenvalue weighted by Gasteiger charge is 2.23. The number of carbonyl (C=O) groups excluding carboxylic acids is 1. The van der Waals surface area contributed by atoms with E-state index in [2.05, 4.69) is 26.2 Å². The molecule has 10 heteroatoms. The van der Waals surface area contributed by atoms with Crippen LogP contribution < -0.4 is 10.6 Å². The molecule has 1 atom stereocenters. The van der Waals surface area contributed by atoms with Gasteiger partial charge in [0.25, 0.3) is 0 Å². The number of hydrogen-bond donors (Lipinski definition) is 4. The Bertz CT molecular complexity index is 477. The fraction of sp³-hybridized carbons (Fsp3) is 0.250. The molecule has 0 aliphatic carbocycles. The number of aromatic nitrogens is 1. The lowest BCUT2D eigenvalue weighted by molar-refractivity contribution is -0.145. The van der Waals surface area contributed by atoms with Gasteiger partial charge in [0.05, 0.1) is 16.4 Å². The monoisotopic (exact) mass is 337 g/mol. The van der Waals surface area contributed by atoms with Gasteiger partial charge in [-0.15, -0.1) is 0 Å². The third kappa shape index (κ3) is 4.67. The zero-order chi connectivity index (χ0) is 13.7. The molecule has 0 saturated heterocycles. The van der Waals surface area contributed by atoms with Crippen molar-refractivity contribution in [2.75, 3.05) is 5.32 Å². The van der Waals surface area contributed by atoms with Crippen molar-refractivity contribution in [3.05, 3.63) is 9.98 Å². The lowest BCUT2D eigenvalue weighted by atomic mass is 10.2. The van der Waals surface area contributed by atoms with Crippen LogP contribution in [0.4, 0.5) is 9.93 Å². The Hall–Kier alpha value is -1.68. The van der Waals surface area contributed by atoms with Crippen LogP contribution in [0.1, 0.15) is 6.42 Å². The summed E-state index contributed by atoms with van der Waals surface area (Å²) in [6.45, 7) is 0. The Balaban J connectivity index is 2.56. The normalized spacial score (nSPS) is 11.6. The van der Waals surface area contributed by atoms with Crippen LogP contribution >= 0.6 is 27.3 Å². The molecule has 18 heavy (non-hydrogen) atoms. The first-order valence-electron chi connectivity index (χ1n) is 4.52. The van der Waals surface area contributed by atoms with Crippen molar-refractivity contribution in [2.45, 2.75) is 12.5 Å². The Morgan fingerprint density at radius 2 is 2.11 bits per heavy atom. The number of urea groups is 1. The number of aliphatic carboxylic acids is 2. The fourth-order valence-electron chi connectivity index (χ4n) is 0.978. The van der Waals surface area contributed by atoms with Gasteiger partial charge in [0.1, 0.15) is 6.04 Å². The summed E-state index contributed by atoms with van der Waals surface area (Å²) in [5.41, 5.74) is 0. The van der Waals surface area contributed by atoms with Gasteiger partial charge < -0.3 is 15.5 Å². The molecule has 4 N–H and O–H groups in total. The molecule has 1 rings (SSSR count). The molecule has 0 bridgehead atoms. The number of halogens is 1. The number of carbonyl (C=O) groups is 3. The van der Waals surface area contributed by atoms with Gasteiger partial charge in [-0.1, -0.05) is 11.3 Å². The summed E-state index contributed by atoms with van der Waals surface area (Å²) in [4.78, 5) is 36.3. The second kappa shape index (κ2) is 6.31. The maximum absolute atomic E-state index is 11.4. The summed E-state index contributed by atoms with van der Waals surface area (Å²) in [6, 6.07) is -2.32. The molecule has 98 valence electrons. The van der Waals surface area contributed by atoms with Crippen molar-refractivity contribution >= 4 is 50.4 Å². The Morgan fingerprint density at radius 3 is 2.56 bits per heavy atom. The molecule has 2 amide bonds. The number of thiazole rings is 1. The summed E-state index contributed by atoms with van der Waals surface area (Å²) in [7, 11) is 0. The van der Waals surface area contributed by atoms with Crippen LogP contribution in [0.25, 0.3) is 0 Å². The number of carboxylic acid groups (broad SMARTS) is 2. The van der Waals surface area contributed by atoms with E-state index in [1.165, 1.54) is 6.20 Å². The molecule has 0 unspecified atom stereocenters. The van der Waals surface area contributed by atoms with E-state index < -0.39 is 30.4 Å². The number of rotatable bonds is 5. The molecule has 0 aromatic carbocycles. The smallest absolute Gasteiger partial charge is 0.326 e. The lowest BCUT2D eigenvalue weighted by Crippen LogP contribution is -2.44. The maximum Gasteiger partial charge on any atom is 0.326 e. The van der Waals surface area contributed by atoms with E-state index in [0.717, 1.165) is 11.3 Å². The molecule has 1 aromatic heterocycles. The predicted octanol–water partition coefficient (Wildman–Crippen LogP) is 0.955. The minimum Gasteiger partial charge on any atom is -0.481 e. The van der Waals surface area contributed by atoms with E-state index in [4.69, 9.17) is 10.2 Å². The standard InChI is InChI=1S/C8H8BrN3O5S/c9-4-2-10-8(18-4)12-7(17)11-3(6(15)16)1-5(13)14/h2-3H,1H2,(H,13,14)(H,15,16)(H2,10,11,12,17)/t3-/m0/s1. The van der Waals surface area contributed by atoms with Crippen molar-refractivity contribution in [1.29, 1.82) is 0 Å². The molecule has 0 radical (unpaired) electrons.